The maximum absolute atomic E-state index is 12.4. The number of nitrogens with one attached hydrogen (secondary N) is 2. The predicted octanol–water partition coefficient (Wildman–Crippen LogP) is 5.07. The van der Waals surface area contributed by atoms with E-state index in [1.807, 2.05) is 57.2 Å². The topological polar surface area (TPSA) is 50.4 Å². The van der Waals surface area contributed by atoms with Crippen LogP contribution in [0.5, 0.6) is 5.75 Å². The van der Waals surface area contributed by atoms with Gasteiger partial charge in [-0.15, -0.1) is 0 Å². The summed E-state index contributed by atoms with van der Waals surface area (Å²) in [6.45, 7) is 5.99. The molecule has 2 amide bonds. The van der Waals surface area contributed by atoms with Gasteiger partial charge in [-0.25, -0.2) is 4.79 Å². The third-order valence-corrected chi connectivity index (χ3v) is 4.36. The highest BCUT2D eigenvalue weighted by Crippen LogP contribution is 2.40. The Morgan fingerprint density at radius 2 is 2.00 bits per heavy atom. The maximum Gasteiger partial charge on any atom is 0.319 e. The van der Waals surface area contributed by atoms with Crippen molar-refractivity contribution in [3.63, 3.8) is 0 Å². The molecule has 24 heavy (non-hydrogen) atoms. The number of carbonyl (C=O) groups is 1. The Hall–Kier alpha value is -2.20. The van der Waals surface area contributed by atoms with Crippen LogP contribution in [0.3, 0.4) is 0 Å². The van der Waals surface area contributed by atoms with Crippen molar-refractivity contribution in [3.05, 3.63) is 58.6 Å². The average Bonchev–Trinajstić information content (AvgIpc) is 2.49. The van der Waals surface area contributed by atoms with E-state index < -0.39 is 0 Å². The smallest absolute Gasteiger partial charge is 0.319 e. The molecule has 1 heterocycles. The number of halogens is 1. The van der Waals surface area contributed by atoms with Crippen LogP contribution in [0.1, 0.15) is 37.4 Å². The summed E-state index contributed by atoms with van der Waals surface area (Å²) in [4.78, 5) is 12.4. The Balaban J connectivity index is 1.80. The molecule has 1 atom stereocenters. The molecule has 0 saturated heterocycles. The van der Waals surface area contributed by atoms with Crippen molar-refractivity contribution in [2.75, 3.05) is 5.32 Å². The molecule has 0 unspecified atom stereocenters. The summed E-state index contributed by atoms with van der Waals surface area (Å²) in [6, 6.07) is 12.8. The lowest BCUT2D eigenvalue weighted by molar-refractivity contribution is 0.0683. The molecule has 1 aliphatic heterocycles. The van der Waals surface area contributed by atoms with Crippen LogP contribution in [0.15, 0.2) is 42.5 Å². The molecule has 2 aromatic carbocycles. The average molecular weight is 345 g/mol. The maximum atomic E-state index is 12.4. The van der Waals surface area contributed by atoms with Crippen LogP contribution in [0.2, 0.25) is 5.02 Å². The normalized spacial score (nSPS) is 18.2. The van der Waals surface area contributed by atoms with Crippen LogP contribution in [0.4, 0.5) is 10.5 Å². The quantitative estimate of drug-likeness (QED) is 0.798. The van der Waals surface area contributed by atoms with Gasteiger partial charge in [-0.3, -0.25) is 0 Å². The predicted molar refractivity (Wildman–Crippen MR) is 96.9 cm³/mol. The minimum Gasteiger partial charge on any atom is -0.487 e. The zero-order chi connectivity index (χ0) is 17.3. The van der Waals surface area contributed by atoms with Crippen LogP contribution >= 0.6 is 11.6 Å². The van der Waals surface area contributed by atoms with Gasteiger partial charge in [-0.2, -0.15) is 0 Å². The van der Waals surface area contributed by atoms with E-state index in [9.17, 15) is 4.79 Å². The van der Waals surface area contributed by atoms with Crippen LogP contribution < -0.4 is 15.4 Å². The number of fused-ring (bicyclic) bond motifs is 1. The van der Waals surface area contributed by atoms with Crippen LogP contribution in [0, 0.1) is 6.92 Å². The van der Waals surface area contributed by atoms with Gasteiger partial charge in [-0.05, 0) is 50.6 Å². The van der Waals surface area contributed by atoms with Crippen molar-refractivity contribution >= 4 is 23.3 Å². The molecular formula is C19H21ClN2O2. The first-order chi connectivity index (χ1) is 11.3. The molecular weight excluding hydrogens is 324 g/mol. The standard InChI is InChI=1S/C19H21ClN2O2/c1-12-6-4-5-7-15(12)21-18(23)22-16-11-19(2,3)24-17-9-8-13(20)10-14(16)17/h4-10,16H,11H2,1-3H3,(H2,21,22,23)/t16-/m1/s1. The molecule has 126 valence electrons. The number of benzene rings is 2. The van der Waals surface area contributed by atoms with Gasteiger partial charge in [-0.1, -0.05) is 29.8 Å². The number of para-hydroxylation sites is 1. The Morgan fingerprint density at radius 1 is 1.25 bits per heavy atom. The van der Waals surface area contributed by atoms with Crippen molar-refractivity contribution in [2.45, 2.75) is 38.8 Å². The molecule has 0 fully saturated rings. The zero-order valence-corrected chi connectivity index (χ0v) is 14.8. The number of aryl methyl sites for hydroxylation is 1. The SMILES string of the molecule is Cc1ccccc1NC(=O)N[C@@H]1CC(C)(C)Oc2ccc(Cl)cc21. The summed E-state index contributed by atoms with van der Waals surface area (Å²) >= 11 is 6.12. The molecule has 0 spiro atoms. The molecule has 0 aliphatic carbocycles. The van der Waals surface area contributed by atoms with Gasteiger partial charge in [0.2, 0.25) is 0 Å². The summed E-state index contributed by atoms with van der Waals surface area (Å²) < 4.78 is 5.99. The Labute approximate surface area is 147 Å². The molecule has 2 aromatic rings. The van der Waals surface area contributed by atoms with Crippen molar-refractivity contribution < 1.29 is 9.53 Å². The summed E-state index contributed by atoms with van der Waals surface area (Å²) in [5.74, 6) is 0.761. The van der Waals surface area contributed by atoms with E-state index in [0.717, 1.165) is 22.6 Å². The van der Waals surface area contributed by atoms with E-state index in [2.05, 4.69) is 10.6 Å². The molecule has 1 aliphatic rings. The van der Waals surface area contributed by atoms with Crippen molar-refractivity contribution in [1.82, 2.24) is 5.32 Å². The second kappa shape index (κ2) is 6.36. The summed E-state index contributed by atoms with van der Waals surface area (Å²) in [6.07, 6.45) is 0.668. The van der Waals surface area contributed by atoms with Gasteiger partial charge in [0.15, 0.2) is 0 Å². The van der Waals surface area contributed by atoms with Crippen LogP contribution in [-0.2, 0) is 0 Å². The first-order valence-electron chi connectivity index (χ1n) is 7.96. The van der Waals surface area contributed by atoms with Crippen LogP contribution in [0.25, 0.3) is 0 Å². The monoisotopic (exact) mass is 344 g/mol. The highest BCUT2D eigenvalue weighted by molar-refractivity contribution is 6.30. The number of anilines is 1. The fourth-order valence-electron chi connectivity index (χ4n) is 2.98. The highest BCUT2D eigenvalue weighted by atomic mass is 35.5. The van der Waals surface area contributed by atoms with E-state index >= 15 is 0 Å². The van der Waals surface area contributed by atoms with Crippen molar-refractivity contribution in [1.29, 1.82) is 0 Å². The Kier molecular flexibility index (Phi) is 4.41. The largest absolute Gasteiger partial charge is 0.487 e. The van der Waals surface area contributed by atoms with Gasteiger partial charge in [0.05, 0.1) is 6.04 Å². The molecule has 0 radical (unpaired) electrons. The molecule has 0 bridgehead atoms. The number of hydrogen-bond acceptors (Lipinski definition) is 2. The fourth-order valence-corrected chi connectivity index (χ4v) is 3.16. The number of urea groups is 1. The first kappa shape index (κ1) is 16.7. The Bertz CT molecular complexity index is 774. The third-order valence-electron chi connectivity index (χ3n) is 4.13. The van der Waals surface area contributed by atoms with Crippen LogP contribution in [-0.4, -0.2) is 11.6 Å². The molecule has 5 heteroatoms. The van der Waals surface area contributed by atoms with Gasteiger partial charge in [0.1, 0.15) is 11.4 Å². The van der Waals surface area contributed by atoms with E-state index in [1.165, 1.54) is 0 Å². The number of carbonyl (C=O) groups excluding carboxylic acids is 1. The second-order valence-electron chi connectivity index (χ2n) is 6.71. The van der Waals surface area contributed by atoms with Gasteiger partial charge in [0, 0.05) is 22.7 Å². The van der Waals surface area contributed by atoms with Crippen molar-refractivity contribution in [2.24, 2.45) is 0 Å². The molecule has 0 saturated carbocycles. The highest BCUT2D eigenvalue weighted by Gasteiger charge is 2.34. The Morgan fingerprint density at radius 3 is 2.75 bits per heavy atom. The fraction of sp³-hybridized carbons (Fsp3) is 0.316. The van der Waals surface area contributed by atoms with Gasteiger partial charge >= 0.3 is 6.03 Å². The van der Waals surface area contributed by atoms with E-state index in [4.69, 9.17) is 16.3 Å². The molecule has 4 nitrogen and oxygen atoms in total. The van der Waals surface area contributed by atoms with Gasteiger partial charge < -0.3 is 15.4 Å². The summed E-state index contributed by atoms with van der Waals surface area (Å²) in [5, 5.41) is 6.58. The van der Waals surface area contributed by atoms with E-state index in [0.29, 0.717) is 11.4 Å². The van der Waals surface area contributed by atoms with Crippen molar-refractivity contribution in [3.8, 4) is 5.75 Å². The number of amides is 2. The molecule has 3 rings (SSSR count). The molecule has 0 aromatic heterocycles. The first-order valence-corrected chi connectivity index (χ1v) is 8.33. The number of rotatable bonds is 2. The summed E-state index contributed by atoms with van der Waals surface area (Å²) in [7, 11) is 0. The second-order valence-corrected chi connectivity index (χ2v) is 7.15. The van der Waals surface area contributed by atoms with E-state index in [1.54, 1.807) is 6.07 Å². The lowest BCUT2D eigenvalue weighted by atomic mass is 9.90. The minimum atomic E-state index is -0.360. The van der Waals surface area contributed by atoms with E-state index in [-0.39, 0.29) is 17.7 Å². The van der Waals surface area contributed by atoms with Gasteiger partial charge in [0.25, 0.3) is 0 Å². The molecule has 2 N–H and O–H groups in total. The third kappa shape index (κ3) is 3.65. The lowest BCUT2D eigenvalue weighted by Gasteiger charge is -2.38. The number of ether oxygens (including phenoxy) is 1. The number of hydrogen-bond donors (Lipinski definition) is 2. The zero-order valence-electron chi connectivity index (χ0n) is 14.0. The minimum absolute atomic E-state index is 0.161. The summed E-state index contributed by atoms with van der Waals surface area (Å²) in [5.41, 5.74) is 2.36. The lowest BCUT2D eigenvalue weighted by Crippen LogP contribution is -2.42.